The number of aliphatic hydroxyl groups is 1. The molecule has 0 aliphatic rings. The second-order valence-corrected chi connectivity index (χ2v) is 16.0. The molecule has 1 atom stereocenters. The number of halogens is 17. The third-order valence-corrected chi connectivity index (χ3v) is 13.1. The highest BCUT2D eigenvalue weighted by Gasteiger charge is 2.95. The number of hydrogen-bond acceptors (Lipinski definition) is 2. The number of benzene rings is 1. The number of aliphatic hydroxyl groups excluding tert-OH is 1. The first-order valence-electron chi connectivity index (χ1n) is 13.1. The van der Waals surface area contributed by atoms with Gasteiger partial charge in [0.05, 0.1) is 6.10 Å². The Morgan fingerprint density at radius 1 is 0.652 bits per heavy atom. The van der Waals surface area contributed by atoms with Gasteiger partial charge in [0, 0.05) is 6.42 Å². The van der Waals surface area contributed by atoms with Crippen molar-refractivity contribution in [3.8, 4) is 5.75 Å². The number of alkyl halides is 17. The summed E-state index contributed by atoms with van der Waals surface area (Å²) in [6.45, 7) is 8.76. The van der Waals surface area contributed by atoms with Gasteiger partial charge in [0.25, 0.3) is 8.32 Å². The molecule has 0 aliphatic heterocycles. The largest absolute Gasteiger partial charge is 0.543 e. The van der Waals surface area contributed by atoms with E-state index in [4.69, 9.17) is 4.43 Å². The third kappa shape index (κ3) is 6.70. The normalized spacial score (nSPS) is 15.8. The second kappa shape index (κ2) is 13.0. The minimum atomic E-state index is -8.66. The van der Waals surface area contributed by atoms with Crippen LogP contribution in [0.1, 0.15) is 52.2 Å². The summed E-state index contributed by atoms with van der Waals surface area (Å²) in [6, 6.07) is 3.76. The molecule has 0 saturated carbocycles. The van der Waals surface area contributed by atoms with Crippen molar-refractivity contribution in [1.29, 1.82) is 0 Å². The Morgan fingerprint density at radius 3 is 1.37 bits per heavy atom. The van der Waals surface area contributed by atoms with Gasteiger partial charge < -0.3 is 9.53 Å². The average molecular weight is 725 g/mol. The molecular formula is C26H29F17O2Si. The smallest absolute Gasteiger partial charge is 0.460 e. The van der Waals surface area contributed by atoms with Crippen molar-refractivity contribution in [2.24, 2.45) is 0 Å². The van der Waals surface area contributed by atoms with Crippen LogP contribution in [0.5, 0.6) is 5.75 Å². The third-order valence-electron chi connectivity index (χ3n) is 7.53. The van der Waals surface area contributed by atoms with Crippen LogP contribution in [0.2, 0.25) is 17.1 Å². The van der Waals surface area contributed by atoms with Gasteiger partial charge in [-0.3, -0.25) is 0 Å². The second-order valence-electron chi connectivity index (χ2n) is 11.1. The van der Waals surface area contributed by atoms with Crippen LogP contribution < -0.4 is 4.43 Å². The maximum Gasteiger partial charge on any atom is 0.460 e. The van der Waals surface area contributed by atoms with E-state index in [-0.39, 0.29) is 12.2 Å². The lowest BCUT2D eigenvalue weighted by molar-refractivity contribution is -0.461. The Bertz CT molecular complexity index is 1170. The summed E-state index contributed by atoms with van der Waals surface area (Å²) in [4.78, 5) is 0. The zero-order valence-electron chi connectivity index (χ0n) is 24.2. The summed E-state index contributed by atoms with van der Waals surface area (Å²) in [5.41, 5.74) is -1.38. The molecular weight excluding hydrogens is 695 g/mol. The van der Waals surface area contributed by atoms with Gasteiger partial charge in [0.15, 0.2) is 0 Å². The molecule has 1 N–H and O–H groups in total. The highest BCUT2D eigenvalue weighted by atomic mass is 28.4. The quantitative estimate of drug-likeness (QED) is 0.105. The van der Waals surface area contributed by atoms with Gasteiger partial charge in [0.1, 0.15) is 5.75 Å². The van der Waals surface area contributed by atoms with Crippen molar-refractivity contribution >= 4 is 8.32 Å². The summed E-state index contributed by atoms with van der Waals surface area (Å²) in [7, 11) is -3.97. The Labute approximate surface area is 252 Å². The van der Waals surface area contributed by atoms with Gasteiger partial charge in [-0.1, -0.05) is 45.9 Å². The molecule has 20 heteroatoms. The van der Waals surface area contributed by atoms with E-state index in [2.05, 4.69) is 6.58 Å². The molecule has 46 heavy (non-hydrogen) atoms. The van der Waals surface area contributed by atoms with Crippen molar-refractivity contribution in [1.82, 2.24) is 0 Å². The van der Waals surface area contributed by atoms with Crippen LogP contribution in [0.25, 0.3) is 0 Å². The van der Waals surface area contributed by atoms with Crippen LogP contribution in [-0.2, 0) is 0 Å². The monoisotopic (exact) mass is 724 g/mol. The average Bonchev–Trinajstić information content (AvgIpc) is 2.89. The van der Waals surface area contributed by atoms with E-state index < -0.39 is 85.6 Å². The first kappa shape index (κ1) is 41.8. The van der Waals surface area contributed by atoms with E-state index in [1.165, 1.54) is 58.0 Å². The highest BCUT2D eigenvalue weighted by Crippen LogP contribution is 2.64. The van der Waals surface area contributed by atoms with Gasteiger partial charge in [-0.2, -0.15) is 74.6 Å². The van der Waals surface area contributed by atoms with Crippen LogP contribution in [0.3, 0.4) is 0 Å². The van der Waals surface area contributed by atoms with E-state index in [9.17, 15) is 79.7 Å². The fourth-order valence-electron chi connectivity index (χ4n) is 4.51. The molecule has 0 saturated heterocycles. The van der Waals surface area contributed by atoms with Gasteiger partial charge in [-0.05, 0) is 41.2 Å². The van der Waals surface area contributed by atoms with E-state index in [1.807, 2.05) is 0 Å². The Hall–Kier alpha value is -2.25. The molecule has 0 unspecified atom stereocenters. The minimum absolute atomic E-state index is 0.108. The van der Waals surface area contributed by atoms with E-state index in [0.717, 1.165) is 0 Å². The van der Waals surface area contributed by atoms with E-state index in [1.54, 1.807) is 0 Å². The summed E-state index contributed by atoms with van der Waals surface area (Å²) >= 11 is 0. The predicted octanol–water partition coefficient (Wildman–Crippen LogP) is 10.8. The van der Waals surface area contributed by atoms with E-state index in [0.29, 0.717) is 5.56 Å². The fraction of sp³-hybridized carbons (Fsp3) is 0.692. The molecule has 0 aromatic heterocycles. The predicted molar refractivity (Wildman–Crippen MR) is 133 cm³/mol. The molecule has 0 amide bonds. The lowest BCUT2D eigenvalue weighted by Gasteiger charge is -2.44. The maximum absolute atomic E-state index is 14.8. The zero-order valence-corrected chi connectivity index (χ0v) is 25.2. The first-order valence-corrected chi connectivity index (χ1v) is 15.3. The van der Waals surface area contributed by atoms with Crippen molar-refractivity contribution in [3.05, 3.63) is 42.5 Å². The number of hydrogen-bond donors (Lipinski definition) is 1. The van der Waals surface area contributed by atoms with Gasteiger partial charge >= 0.3 is 47.6 Å². The molecule has 268 valence electrons. The van der Waals surface area contributed by atoms with E-state index >= 15 is 0 Å². The molecule has 1 aromatic rings. The van der Waals surface area contributed by atoms with Crippen LogP contribution >= 0.6 is 0 Å². The lowest BCUT2D eigenvalue weighted by Crippen LogP contribution is -2.74. The lowest BCUT2D eigenvalue weighted by atomic mass is 9.88. The summed E-state index contributed by atoms with van der Waals surface area (Å²) in [5.74, 6) is -56.7. The molecule has 0 fully saturated rings. The molecule has 0 spiro atoms. The van der Waals surface area contributed by atoms with Crippen molar-refractivity contribution in [2.45, 2.75) is 111 Å². The molecule has 0 heterocycles. The molecule has 1 rings (SSSR count). The fourth-order valence-corrected chi connectivity index (χ4v) is 8.85. The van der Waals surface area contributed by atoms with Gasteiger partial charge in [-0.15, -0.1) is 6.58 Å². The van der Waals surface area contributed by atoms with Crippen LogP contribution in [0.15, 0.2) is 36.9 Å². The maximum atomic E-state index is 14.8. The zero-order chi connectivity index (χ0) is 36.8. The minimum Gasteiger partial charge on any atom is -0.543 e. The highest BCUT2D eigenvalue weighted by molar-refractivity contribution is 6.77. The van der Waals surface area contributed by atoms with Crippen LogP contribution in [0, 0.1) is 0 Å². The first-order chi connectivity index (χ1) is 20.3. The summed E-state index contributed by atoms with van der Waals surface area (Å²) < 4.78 is 238. The Balaban J connectivity index is 3.56. The van der Waals surface area contributed by atoms with Crippen LogP contribution in [0.4, 0.5) is 74.6 Å². The Morgan fingerprint density at radius 2 is 1.02 bits per heavy atom. The molecule has 0 bridgehead atoms. The topological polar surface area (TPSA) is 29.5 Å². The van der Waals surface area contributed by atoms with Gasteiger partial charge in [0.2, 0.25) is 0 Å². The molecule has 0 aliphatic carbocycles. The molecule has 0 radical (unpaired) electrons. The van der Waals surface area contributed by atoms with Crippen molar-refractivity contribution < 1.29 is 84.2 Å². The number of rotatable bonds is 16. The Kier molecular flexibility index (Phi) is 11.8. The standard InChI is InChI=1S/C26H29F17O2Si/c1-6-7-18(44)16-8-10-17(11-9-16)45-46(14(2)3,15(4)5)13-12-19(27,28)20(29,30)21(31,32)22(33,34)23(35,36)24(37,38)25(39,40)26(41,42)43/h6,8-11,14-15,18,44H,1,7,12-13H2,2-5H3/t18-/m1/s1. The molecule has 2 nitrogen and oxygen atoms in total. The van der Waals surface area contributed by atoms with Gasteiger partial charge in [-0.25, -0.2) is 0 Å². The van der Waals surface area contributed by atoms with Crippen molar-refractivity contribution in [3.63, 3.8) is 0 Å². The summed E-state index contributed by atoms with van der Waals surface area (Å²) in [6.07, 6.45) is -9.88. The summed E-state index contributed by atoms with van der Waals surface area (Å²) in [5, 5.41) is 10.0. The van der Waals surface area contributed by atoms with Crippen molar-refractivity contribution in [2.75, 3.05) is 0 Å². The SMILES string of the molecule is C=CC[C@@H](O)c1ccc(O[Si](CCC(F)(F)C(F)(F)C(F)(F)C(F)(F)C(F)(F)C(F)(F)C(F)(F)C(F)(F)F)(C(C)C)C(C)C)cc1. The molecule has 1 aromatic carbocycles. The van der Waals surface area contributed by atoms with Crippen LogP contribution in [-0.4, -0.2) is 61.1 Å².